The number of piperidine rings is 1. The summed E-state index contributed by atoms with van der Waals surface area (Å²) in [5.74, 6) is 0.522. The molecule has 2 amide bonds. The van der Waals surface area contributed by atoms with E-state index in [0.717, 1.165) is 29.7 Å². The Morgan fingerprint density at radius 3 is 2.79 bits per heavy atom. The average Bonchev–Trinajstić information content (AvgIpc) is 3.13. The topological polar surface area (TPSA) is 75.5 Å². The monoisotopic (exact) mass is 392 g/mol. The Hall–Kier alpha value is -2.96. The second kappa shape index (κ2) is 7.13. The summed E-state index contributed by atoms with van der Waals surface area (Å²) < 4.78 is 1.88. The van der Waals surface area contributed by atoms with Crippen LogP contribution in [-0.2, 0) is 16.1 Å². The maximum Gasteiger partial charge on any atom is 0.251 e. The van der Waals surface area contributed by atoms with E-state index in [1.807, 2.05) is 21.6 Å². The van der Waals surface area contributed by atoms with Gasteiger partial charge in [-0.25, -0.2) is 0 Å². The molecule has 2 aromatic heterocycles. The van der Waals surface area contributed by atoms with Crippen LogP contribution in [0.25, 0.3) is 11.1 Å². The van der Waals surface area contributed by atoms with Crippen molar-refractivity contribution >= 4 is 11.8 Å². The van der Waals surface area contributed by atoms with E-state index in [4.69, 9.17) is 0 Å². The van der Waals surface area contributed by atoms with Crippen molar-refractivity contribution < 1.29 is 9.59 Å². The zero-order valence-electron chi connectivity index (χ0n) is 16.3. The average molecular weight is 392 g/mol. The van der Waals surface area contributed by atoms with Gasteiger partial charge in [-0.15, -0.1) is 0 Å². The number of nitrogens with zero attached hydrogens (tertiary/aromatic N) is 4. The third-order valence-electron chi connectivity index (χ3n) is 6.40. The molecule has 0 spiro atoms. The minimum Gasteiger partial charge on any atom is -0.340 e. The largest absolute Gasteiger partial charge is 0.340 e. The molecule has 0 N–H and O–H groups in total. The number of carbonyl (C=O) groups excluding carboxylic acids is 2. The number of hydrogen-bond donors (Lipinski definition) is 0. The standard InChI is InChI=1S/C22H24N4O3/c27-20-4-2-6-24(20)14-22(29)25-11-15-7-18(13-25)19-8-17(9-21(28)26(19)12-15)16-3-1-5-23-10-16/h1,3,5,8-10,15,18H,2,4,6-7,11-14H2/t15-,18+/m0/s1. The van der Waals surface area contributed by atoms with Crippen molar-refractivity contribution in [1.82, 2.24) is 19.4 Å². The Morgan fingerprint density at radius 2 is 2.03 bits per heavy atom. The van der Waals surface area contributed by atoms with E-state index in [0.29, 0.717) is 32.6 Å². The number of hydrogen-bond acceptors (Lipinski definition) is 4. The zero-order chi connectivity index (χ0) is 20.0. The third-order valence-corrected chi connectivity index (χ3v) is 6.40. The van der Waals surface area contributed by atoms with Gasteiger partial charge < -0.3 is 14.4 Å². The molecule has 0 aromatic carbocycles. The molecule has 0 unspecified atom stereocenters. The Balaban J connectivity index is 1.40. The van der Waals surface area contributed by atoms with Crippen molar-refractivity contribution in [3.05, 3.63) is 52.7 Å². The fourth-order valence-electron chi connectivity index (χ4n) is 5.00. The molecule has 5 heterocycles. The van der Waals surface area contributed by atoms with Crippen LogP contribution in [0, 0.1) is 5.92 Å². The van der Waals surface area contributed by atoms with Gasteiger partial charge in [0.15, 0.2) is 0 Å². The lowest BCUT2D eigenvalue weighted by Crippen LogP contribution is -2.51. The summed E-state index contributed by atoms with van der Waals surface area (Å²) in [6.07, 6.45) is 5.86. The second-order valence-corrected chi connectivity index (χ2v) is 8.38. The van der Waals surface area contributed by atoms with Gasteiger partial charge in [0.05, 0.1) is 6.54 Å². The summed E-state index contributed by atoms with van der Waals surface area (Å²) in [7, 11) is 0. The molecule has 150 valence electrons. The molecule has 2 saturated heterocycles. The fraction of sp³-hybridized carbons (Fsp3) is 0.455. The lowest BCUT2D eigenvalue weighted by Gasteiger charge is -2.43. The molecule has 2 aromatic rings. The summed E-state index contributed by atoms with van der Waals surface area (Å²) in [6, 6.07) is 7.58. The summed E-state index contributed by atoms with van der Waals surface area (Å²) in [5.41, 5.74) is 2.81. The summed E-state index contributed by atoms with van der Waals surface area (Å²) in [4.78, 5) is 45.2. The maximum absolute atomic E-state index is 12.9. The fourth-order valence-corrected chi connectivity index (χ4v) is 5.00. The first-order valence-corrected chi connectivity index (χ1v) is 10.3. The number of likely N-dealkylation sites (tertiary alicyclic amines) is 2. The van der Waals surface area contributed by atoms with Crippen molar-refractivity contribution in [2.45, 2.75) is 31.7 Å². The Morgan fingerprint density at radius 1 is 1.14 bits per heavy atom. The van der Waals surface area contributed by atoms with Crippen LogP contribution < -0.4 is 5.56 Å². The number of rotatable bonds is 3. The predicted molar refractivity (Wildman–Crippen MR) is 107 cm³/mol. The molecule has 0 saturated carbocycles. The highest BCUT2D eigenvalue weighted by atomic mass is 16.2. The molecule has 0 aliphatic carbocycles. The van der Waals surface area contributed by atoms with Crippen LogP contribution in [-0.4, -0.2) is 57.3 Å². The van der Waals surface area contributed by atoms with E-state index in [9.17, 15) is 14.4 Å². The number of carbonyl (C=O) groups is 2. The highest BCUT2D eigenvalue weighted by molar-refractivity contribution is 5.86. The van der Waals surface area contributed by atoms with Gasteiger partial charge in [0.1, 0.15) is 0 Å². The van der Waals surface area contributed by atoms with Crippen LogP contribution in [0.3, 0.4) is 0 Å². The van der Waals surface area contributed by atoms with Gasteiger partial charge in [-0.3, -0.25) is 19.4 Å². The Bertz CT molecular complexity index is 1020. The Labute approximate surface area is 169 Å². The second-order valence-electron chi connectivity index (χ2n) is 8.38. The molecule has 5 rings (SSSR count). The van der Waals surface area contributed by atoms with Crippen molar-refractivity contribution in [3.8, 4) is 11.1 Å². The quantitative estimate of drug-likeness (QED) is 0.793. The minimum atomic E-state index is 0.0125. The zero-order valence-corrected chi connectivity index (χ0v) is 16.3. The highest BCUT2D eigenvalue weighted by Crippen LogP contribution is 2.36. The van der Waals surface area contributed by atoms with Crippen molar-refractivity contribution in [1.29, 1.82) is 0 Å². The molecule has 2 fully saturated rings. The van der Waals surface area contributed by atoms with Crippen LogP contribution in [0.5, 0.6) is 0 Å². The molecule has 3 aliphatic heterocycles. The van der Waals surface area contributed by atoms with E-state index in [-0.39, 0.29) is 35.8 Å². The van der Waals surface area contributed by atoms with Crippen molar-refractivity contribution in [2.24, 2.45) is 5.92 Å². The SMILES string of the molecule is O=C1CCCN1CC(=O)N1C[C@@H]2C[C@H](C1)c1cc(-c3cccnc3)cc(=O)n1C2. The molecule has 0 radical (unpaired) electrons. The van der Waals surface area contributed by atoms with Gasteiger partial charge in [0.25, 0.3) is 5.56 Å². The number of fused-ring (bicyclic) bond motifs is 4. The summed E-state index contributed by atoms with van der Waals surface area (Å²) in [6.45, 7) is 2.77. The van der Waals surface area contributed by atoms with Crippen LogP contribution in [0.1, 0.15) is 30.9 Å². The van der Waals surface area contributed by atoms with Gasteiger partial charge in [0.2, 0.25) is 11.8 Å². The van der Waals surface area contributed by atoms with Crippen LogP contribution in [0.4, 0.5) is 0 Å². The summed E-state index contributed by atoms with van der Waals surface area (Å²) >= 11 is 0. The molecular weight excluding hydrogens is 368 g/mol. The normalized spacial score (nSPS) is 23.2. The van der Waals surface area contributed by atoms with Gasteiger partial charge in [-0.2, -0.15) is 0 Å². The van der Waals surface area contributed by atoms with Crippen molar-refractivity contribution in [3.63, 3.8) is 0 Å². The van der Waals surface area contributed by atoms with E-state index >= 15 is 0 Å². The minimum absolute atomic E-state index is 0.0125. The van der Waals surface area contributed by atoms with Gasteiger partial charge >= 0.3 is 0 Å². The third kappa shape index (κ3) is 3.34. The predicted octanol–water partition coefficient (Wildman–Crippen LogP) is 1.48. The summed E-state index contributed by atoms with van der Waals surface area (Å²) in [5, 5.41) is 0. The van der Waals surface area contributed by atoms with Gasteiger partial charge in [0, 0.05) is 68.2 Å². The Kier molecular flexibility index (Phi) is 4.45. The highest BCUT2D eigenvalue weighted by Gasteiger charge is 2.37. The number of aromatic nitrogens is 2. The first-order valence-electron chi connectivity index (χ1n) is 10.3. The molecule has 2 bridgehead atoms. The molecule has 7 nitrogen and oxygen atoms in total. The smallest absolute Gasteiger partial charge is 0.251 e. The molecule has 29 heavy (non-hydrogen) atoms. The van der Waals surface area contributed by atoms with E-state index in [1.165, 1.54) is 0 Å². The lowest BCUT2D eigenvalue weighted by molar-refractivity contribution is -0.140. The van der Waals surface area contributed by atoms with Crippen LogP contribution in [0.15, 0.2) is 41.5 Å². The van der Waals surface area contributed by atoms with Gasteiger partial charge in [-0.1, -0.05) is 6.07 Å². The lowest BCUT2D eigenvalue weighted by atomic mass is 9.82. The maximum atomic E-state index is 12.9. The first-order chi connectivity index (χ1) is 14.1. The van der Waals surface area contributed by atoms with Crippen LogP contribution in [0.2, 0.25) is 0 Å². The number of amides is 2. The number of pyridine rings is 2. The molecular formula is C22H24N4O3. The molecule has 2 atom stereocenters. The van der Waals surface area contributed by atoms with Crippen molar-refractivity contribution in [2.75, 3.05) is 26.2 Å². The van der Waals surface area contributed by atoms with Gasteiger partial charge in [-0.05, 0) is 36.5 Å². The molecule has 3 aliphatic rings. The van der Waals surface area contributed by atoms with E-state index in [1.54, 1.807) is 23.4 Å². The first kappa shape index (κ1) is 18.1. The van der Waals surface area contributed by atoms with E-state index in [2.05, 4.69) is 11.1 Å². The molecule has 7 heteroatoms. The van der Waals surface area contributed by atoms with Crippen LogP contribution >= 0.6 is 0 Å². The van der Waals surface area contributed by atoms with E-state index < -0.39 is 0 Å².